The van der Waals surface area contributed by atoms with Crippen molar-refractivity contribution in [1.82, 2.24) is 9.78 Å². The van der Waals surface area contributed by atoms with Crippen LogP contribution in [-0.2, 0) is 4.79 Å². The summed E-state index contributed by atoms with van der Waals surface area (Å²) in [5.74, 6) is -0.221. The Morgan fingerprint density at radius 2 is 2.00 bits per heavy atom. The fourth-order valence-corrected chi connectivity index (χ4v) is 1.84. The van der Waals surface area contributed by atoms with Crippen LogP contribution in [0.2, 0.25) is 0 Å². The summed E-state index contributed by atoms with van der Waals surface area (Å²) < 4.78 is 20.5. The molecular formula is C15H18FN3O2. The molecule has 0 unspecified atom stereocenters. The van der Waals surface area contributed by atoms with E-state index in [1.807, 2.05) is 13.8 Å². The van der Waals surface area contributed by atoms with Crippen molar-refractivity contribution in [2.75, 3.05) is 5.32 Å². The summed E-state index contributed by atoms with van der Waals surface area (Å²) >= 11 is 0. The minimum atomic E-state index is -0.822. The van der Waals surface area contributed by atoms with Crippen molar-refractivity contribution in [2.45, 2.75) is 32.9 Å². The third kappa shape index (κ3) is 3.59. The van der Waals surface area contributed by atoms with Gasteiger partial charge in [0.2, 0.25) is 0 Å². The van der Waals surface area contributed by atoms with Crippen LogP contribution in [0.15, 0.2) is 36.5 Å². The first-order valence-electron chi connectivity index (χ1n) is 6.74. The van der Waals surface area contributed by atoms with Crippen LogP contribution in [-0.4, -0.2) is 21.8 Å². The van der Waals surface area contributed by atoms with Crippen LogP contribution >= 0.6 is 0 Å². The van der Waals surface area contributed by atoms with Gasteiger partial charge in [-0.1, -0.05) is 12.1 Å². The van der Waals surface area contributed by atoms with Gasteiger partial charge in [0.15, 0.2) is 17.7 Å². The van der Waals surface area contributed by atoms with Crippen molar-refractivity contribution >= 4 is 11.7 Å². The van der Waals surface area contributed by atoms with E-state index in [1.54, 1.807) is 36.0 Å². The molecule has 0 saturated carbocycles. The summed E-state index contributed by atoms with van der Waals surface area (Å²) in [5.41, 5.74) is 0. The van der Waals surface area contributed by atoms with Crippen LogP contribution in [0.3, 0.4) is 0 Å². The van der Waals surface area contributed by atoms with E-state index in [4.69, 9.17) is 4.74 Å². The fourth-order valence-electron chi connectivity index (χ4n) is 1.84. The van der Waals surface area contributed by atoms with E-state index in [-0.39, 0.29) is 17.7 Å². The van der Waals surface area contributed by atoms with Gasteiger partial charge in [0.05, 0.1) is 6.20 Å². The maximum atomic E-state index is 13.5. The standard InChI is InChI=1S/C15H18FN3O2/c1-10(2)19-14(8-9-17-19)18-15(20)11(3)21-13-7-5-4-6-12(13)16/h4-11H,1-3H3,(H,18,20)/t11-/m0/s1. The quantitative estimate of drug-likeness (QED) is 0.921. The van der Waals surface area contributed by atoms with Crippen molar-refractivity contribution in [2.24, 2.45) is 0 Å². The second-order valence-electron chi connectivity index (χ2n) is 4.93. The molecule has 0 saturated heterocycles. The summed E-state index contributed by atoms with van der Waals surface area (Å²) in [7, 11) is 0. The summed E-state index contributed by atoms with van der Waals surface area (Å²) in [6.45, 7) is 5.49. The molecule has 1 amide bonds. The Morgan fingerprint density at radius 3 is 2.67 bits per heavy atom. The van der Waals surface area contributed by atoms with Gasteiger partial charge in [0, 0.05) is 12.1 Å². The Morgan fingerprint density at radius 1 is 1.29 bits per heavy atom. The van der Waals surface area contributed by atoms with Gasteiger partial charge in [0.1, 0.15) is 5.82 Å². The zero-order valence-corrected chi connectivity index (χ0v) is 12.2. The number of ether oxygens (including phenoxy) is 1. The number of nitrogens with zero attached hydrogens (tertiary/aromatic N) is 2. The number of hydrogen-bond acceptors (Lipinski definition) is 3. The third-order valence-electron chi connectivity index (χ3n) is 2.92. The summed E-state index contributed by atoms with van der Waals surface area (Å²) in [6, 6.07) is 7.81. The van der Waals surface area contributed by atoms with Crippen LogP contribution in [0, 0.1) is 5.82 Å². The lowest BCUT2D eigenvalue weighted by atomic mass is 10.3. The van der Waals surface area contributed by atoms with Crippen molar-refractivity contribution in [3.63, 3.8) is 0 Å². The van der Waals surface area contributed by atoms with E-state index in [9.17, 15) is 9.18 Å². The average Bonchev–Trinajstić information content (AvgIpc) is 2.89. The maximum Gasteiger partial charge on any atom is 0.266 e. The Bertz CT molecular complexity index is 625. The minimum absolute atomic E-state index is 0.0533. The summed E-state index contributed by atoms with van der Waals surface area (Å²) in [4.78, 5) is 12.1. The molecule has 1 aromatic heterocycles. The molecule has 0 bridgehead atoms. The third-order valence-corrected chi connectivity index (χ3v) is 2.92. The second-order valence-corrected chi connectivity index (χ2v) is 4.93. The second kappa shape index (κ2) is 6.39. The average molecular weight is 291 g/mol. The lowest BCUT2D eigenvalue weighted by molar-refractivity contribution is -0.122. The van der Waals surface area contributed by atoms with Gasteiger partial charge in [-0.2, -0.15) is 5.10 Å². The maximum absolute atomic E-state index is 13.5. The molecule has 0 fully saturated rings. The molecule has 0 radical (unpaired) electrons. The molecule has 21 heavy (non-hydrogen) atoms. The number of rotatable bonds is 5. The highest BCUT2D eigenvalue weighted by molar-refractivity contribution is 5.93. The number of aromatic nitrogens is 2. The molecule has 0 aliphatic rings. The number of carbonyl (C=O) groups is 1. The van der Waals surface area contributed by atoms with Crippen molar-refractivity contribution in [3.8, 4) is 5.75 Å². The molecule has 1 aromatic carbocycles. The Balaban J connectivity index is 2.03. The molecule has 5 nitrogen and oxygen atoms in total. The van der Waals surface area contributed by atoms with E-state index in [0.717, 1.165) is 0 Å². The van der Waals surface area contributed by atoms with Gasteiger partial charge in [-0.05, 0) is 32.9 Å². The number of nitrogens with one attached hydrogen (secondary N) is 1. The number of para-hydroxylation sites is 1. The van der Waals surface area contributed by atoms with Gasteiger partial charge in [-0.3, -0.25) is 4.79 Å². The van der Waals surface area contributed by atoms with Crippen molar-refractivity contribution in [1.29, 1.82) is 0 Å². The number of carbonyl (C=O) groups excluding carboxylic acids is 1. The number of amides is 1. The van der Waals surface area contributed by atoms with Crippen molar-refractivity contribution in [3.05, 3.63) is 42.3 Å². The SMILES string of the molecule is CC(C)n1nccc1NC(=O)[C@H](C)Oc1ccccc1F. The first-order valence-corrected chi connectivity index (χ1v) is 6.74. The molecular weight excluding hydrogens is 273 g/mol. The van der Waals surface area contributed by atoms with Crippen molar-refractivity contribution < 1.29 is 13.9 Å². The first kappa shape index (κ1) is 15.0. The highest BCUT2D eigenvalue weighted by Crippen LogP contribution is 2.18. The van der Waals surface area contributed by atoms with Gasteiger partial charge in [-0.25, -0.2) is 9.07 Å². The highest BCUT2D eigenvalue weighted by Gasteiger charge is 2.18. The predicted molar refractivity (Wildman–Crippen MR) is 77.7 cm³/mol. The zero-order valence-electron chi connectivity index (χ0n) is 12.2. The molecule has 112 valence electrons. The van der Waals surface area contributed by atoms with E-state index < -0.39 is 11.9 Å². The molecule has 6 heteroatoms. The molecule has 1 N–H and O–H groups in total. The van der Waals surface area contributed by atoms with Gasteiger partial charge in [0.25, 0.3) is 5.91 Å². The predicted octanol–water partition coefficient (Wildman–Crippen LogP) is 3.01. The van der Waals surface area contributed by atoms with E-state index in [2.05, 4.69) is 10.4 Å². The molecule has 1 heterocycles. The van der Waals surface area contributed by atoms with E-state index in [1.165, 1.54) is 12.1 Å². The van der Waals surface area contributed by atoms with Gasteiger partial charge < -0.3 is 10.1 Å². The lowest BCUT2D eigenvalue weighted by Crippen LogP contribution is -2.31. The monoisotopic (exact) mass is 291 g/mol. The Labute approximate surface area is 122 Å². The molecule has 2 aromatic rings. The van der Waals surface area contributed by atoms with E-state index in [0.29, 0.717) is 5.82 Å². The minimum Gasteiger partial charge on any atom is -0.478 e. The fraction of sp³-hybridized carbons (Fsp3) is 0.333. The van der Waals surface area contributed by atoms with Gasteiger partial charge in [-0.15, -0.1) is 0 Å². The smallest absolute Gasteiger partial charge is 0.266 e. The Kier molecular flexibility index (Phi) is 4.57. The van der Waals surface area contributed by atoms with Gasteiger partial charge >= 0.3 is 0 Å². The van der Waals surface area contributed by atoms with Crippen LogP contribution in [0.4, 0.5) is 10.2 Å². The highest BCUT2D eigenvalue weighted by atomic mass is 19.1. The molecule has 0 spiro atoms. The topological polar surface area (TPSA) is 56.2 Å². The summed E-state index contributed by atoms with van der Waals surface area (Å²) in [5, 5.41) is 6.85. The summed E-state index contributed by atoms with van der Waals surface area (Å²) in [6.07, 6.45) is 0.787. The lowest BCUT2D eigenvalue weighted by Gasteiger charge is -2.16. The van der Waals surface area contributed by atoms with Crippen LogP contribution in [0.5, 0.6) is 5.75 Å². The number of anilines is 1. The van der Waals surface area contributed by atoms with E-state index >= 15 is 0 Å². The number of halogens is 1. The molecule has 2 rings (SSSR count). The van der Waals surface area contributed by atoms with Crippen LogP contribution < -0.4 is 10.1 Å². The molecule has 0 aliphatic carbocycles. The molecule has 0 aliphatic heterocycles. The molecule has 1 atom stereocenters. The van der Waals surface area contributed by atoms with Crippen LogP contribution in [0.1, 0.15) is 26.8 Å². The normalized spacial score (nSPS) is 12.2. The number of hydrogen-bond donors (Lipinski definition) is 1. The largest absolute Gasteiger partial charge is 0.478 e. The Hall–Kier alpha value is -2.37. The zero-order chi connectivity index (χ0) is 15.4. The first-order chi connectivity index (χ1) is 9.99. The van der Waals surface area contributed by atoms with Crippen LogP contribution in [0.25, 0.3) is 0 Å². The number of benzene rings is 1.